The summed E-state index contributed by atoms with van der Waals surface area (Å²) in [5.41, 5.74) is 1.86. The van der Waals surface area contributed by atoms with Crippen LogP contribution in [0.1, 0.15) is 25.8 Å². The Bertz CT molecular complexity index is 532. The van der Waals surface area contributed by atoms with E-state index in [0.717, 1.165) is 30.8 Å². The minimum atomic E-state index is -0.248. The Morgan fingerprint density at radius 2 is 1.74 bits per heavy atom. The fourth-order valence-corrected chi connectivity index (χ4v) is 3.02. The molecular weight excluding hydrogens is 292 g/mol. The smallest absolute Gasteiger partial charge is 0.250 e. The van der Waals surface area contributed by atoms with Crippen LogP contribution in [0.4, 0.5) is 5.69 Å². The van der Waals surface area contributed by atoms with Crippen LogP contribution in [-0.2, 0) is 14.3 Å². The summed E-state index contributed by atoms with van der Waals surface area (Å²) in [5, 5.41) is 2.75. The zero-order valence-corrected chi connectivity index (χ0v) is 14.2. The van der Waals surface area contributed by atoms with Gasteiger partial charge >= 0.3 is 0 Å². The van der Waals surface area contributed by atoms with Crippen LogP contribution in [0.2, 0.25) is 0 Å². The van der Waals surface area contributed by atoms with Crippen LogP contribution >= 0.6 is 0 Å². The van der Waals surface area contributed by atoms with Gasteiger partial charge in [-0.25, -0.2) is 0 Å². The molecule has 0 saturated carbocycles. The van der Waals surface area contributed by atoms with Crippen molar-refractivity contribution in [3.63, 3.8) is 0 Å². The van der Waals surface area contributed by atoms with E-state index in [1.165, 1.54) is 0 Å². The second-order valence-electron chi connectivity index (χ2n) is 6.65. The fraction of sp³-hybridized carbons (Fsp3) is 0.556. The van der Waals surface area contributed by atoms with Crippen molar-refractivity contribution in [1.29, 1.82) is 0 Å². The van der Waals surface area contributed by atoms with E-state index in [2.05, 4.69) is 19.2 Å². The van der Waals surface area contributed by atoms with Crippen LogP contribution in [0.3, 0.4) is 0 Å². The number of piperidine rings is 1. The van der Waals surface area contributed by atoms with Gasteiger partial charge in [0, 0.05) is 18.8 Å². The van der Waals surface area contributed by atoms with Crippen LogP contribution in [-0.4, -0.2) is 43.0 Å². The van der Waals surface area contributed by atoms with Gasteiger partial charge < -0.3 is 15.0 Å². The molecule has 0 spiro atoms. The standard InChI is InChI=1S/C18H26N2O3/c1-13-4-6-16(7-5-13)19-17(21)11-23-12-18(22)20-9-14(2)8-15(3)10-20/h4-7,14-15H,8-12H2,1-3H3,(H,19,21)/t14-,15-/m0/s1. The first-order valence-electron chi connectivity index (χ1n) is 8.16. The Morgan fingerprint density at radius 3 is 2.35 bits per heavy atom. The predicted octanol–water partition coefficient (Wildman–Crippen LogP) is 2.45. The van der Waals surface area contributed by atoms with Gasteiger partial charge in [-0.1, -0.05) is 31.5 Å². The number of ether oxygens (including phenoxy) is 1. The van der Waals surface area contributed by atoms with Crippen LogP contribution in [0.15, 0.2) is 24.3 Å². The summed E-state index contributed by atoms with van der Waals surface area (Å²) >= 11 is 0. The molecule has 5 nitrogen and oxygen atoms in total. The Labute approximate surface area is 138 Å². The number of anilines is 1. The Balaban J connectivity index is 1.70. The first kappa shape index (κ1) is 17.5. The second kappa shape index (κ2) is 8.11. The van der Waals surface area contributed by atoms with Gasteiger partial charge in [-0.15, -0.1) is 0 Å². The molecule has 2 amide bonds. The zero-order chi connectivity index (χ0) is 16.8. The summed E-state index contributed by atoms with van der Waals surface area (Å²) in [6, 6.07) is 7.54. The molecule has 0 unspecified atom stereocenters. The Morgan fingerprint density at radius 1 is 1.13 bits per heavy atom. The first-order chi connectivity index (χ1) is 10.9. The van der Waals surface area contributed by atoms with Crippen molar-refractivity contribution in [3.05, 3.63) is 29.8 Å². The number of nitrogens with one attached hydrogen (secondary N) is 1. The van der Waals surface area contributed by atoms with Crippen LogP contribution in [0.5, 0.6) is 0 Å². The highest BCUT2D eigenvalue weighted by molar-refractivity contribution is 5.91. The van der Waals surface area contributed by atoms with E-state index in [1.54, 1.807) is 0 Å². The third-order valence-corrected chi connectivity index (χ3v) is 4.02. The van der Waals surface area contributed by atoms with Crippen molar-refractivity contribution in [2.24, 2.45) is 11.8 Å². The number of amides is 2. The molecule has 5 heteroatoms. The molecule has 1 heterocycles. The van der Waals surface area contributed by atoms with Gasteiger partial charge in [0.05, 0.1) is 0 Å². The number of hydrogen-bond donors (Lipinski definition) is 1. The van der Waals surface area contributed by atoms with E-state index in [4.69, 9.17) is 4.74 Å². The van der Waals surface area contributed by atoms with Gasteiger partial charge in [-0.3, -0.25) is 9.59 Å². The molecule has 1 aliphatic rings. The van der Waals surface area contributed by atoms with E-state index in [1.807, 2.05) is 36.1 Å². The number of nitrogens with zero attached hydrogens (tertiary/aromatic N) is 1. The topological polar surface area (TPSA) is 58.6 Å². The minimum absolute atomic E-state index is 0.0356. The molecule has 1 fully saturated rings. The molecule has 0 aromatic heterocycles. The van der Waals surface area contributed by atoms with Crippen molar-refractivity contribution in [3.8, 4) is 0 Å². The summed E-state index contributed by atoms with van der Waals surface area (Å²) in [5.74, 6) is 0.758. The van der Waals surface area contributed by atoms with Gasteiger partial charge in [0.2, 0.25) is 11.8 Å². The number of carbonyl (C=O) groups is 2. The Hall–Kier alpha value is -1.88. The van der Waals surface area contributed by atoms with Crippen molar-refractivity contribution >= 4 is 17.5 Å². The average molecular weight is 318 g/mol. The summed E-state index contributed by atoms with van der Waals surface area (Å²) in [7, 11) is 0. The first-order valence-corrected chi connectivity index (χ1v) is 8.16. The predicted molar refractivity (Wildman–Crippen MR) is 90.2 cm³/mol. The molecule has 1 N–H and O–H groups in total. The third kappa shape index (κ3) is 5.67. The van der Waals surface area contributed by atoms with Gasteiger partial charge in [-0.05, 0) is 37.3 Å². The minimum Gasteiger partial charge on any atom is -0.362 e. The lowest BCUT2D eigenvalue weighted by Crippen LogP contribution is -2.44. The van der Waals surface area contributed by atoms with Gasteiger partial charge in [0.15, 0.2) is 0 Å². The van der Waals surface area contributed by atoms with E-state index in [9.17, 15) is 9.59 Å². The molecule has 0 aliphatic carbocycles. The number of likely N-dealkylation sites (tertiary alicyclic amines) is 1. The summed E-state index contributed by atoms with van der Waals surface area (Å²) < 4.78 is 5.27. The van der Waals surface area contributed by atoms with Crippen LogP contribution < -0.4 is 5.32 Å². The lowest BCUT2D eigenvalue weighted by atomic mass is 9.92. The van der Waals surface area contributed by atoms with Crippen molar-refractivity contribution in [2.75, 3.05) is 31.6 Å². The number of rotatable bonds is 5. The molecule has 1 aromatic carbocycles. The monoisotopic (exact) mass is 318 g/mol. The molecule has 2 rings (SSSR count). The second-order valence-corrected chi connectivity index (χ2v) is 6.65. The maximum Gasteiger partial charge on any atom is 0.250 e. The molecule has 126 valence electrons. The van der Waals surface area contributed by atoms with Gasteiger partial charge in [0.25, 0.3) is 0 Å². The maximum atomic E-state index is 12.1. The zero-order valence-electron chi connectivity index (χ0n) is 14.2. The third-order valence-electron chi connectivity index (χ3n) is 4.02. The van der Waals surface area contributed by atoms with E-state index >= 15 is 0 Å². The molecular formula is C18H26N2O3. The lowest BCUT2D eigenvalue weighted by Gasteiger charge is -2.34. The molecule has 1 saturated heterocycles. The number of carbonyl (C=O) groups excluding carboxylic acids is 2. The fourth-order valence-electron chi connectivity index (χ4n) is 3.02. The van der Waals surface area contributed by atoms with Crippen LogP contribution in [0.25, 0.3) is 0 Å². The van der Waals surface area contributed by atoms with E-state index in [-0.39, 0.29) is 25.0 Å². The molecule has 0 radical (unpaired) electrons. The normalized spacial score (nSPS) is 21.1. The Kier molecular flexibility index (Phi) is 6.16. The molecule has 1 aromatic rings. The molecule has 1 aliphatic heterocycles. The molecule has 2 atom stereocenters. The highest BCUT2D eigenvalue weighted by Crippen LogP contribution is 2.20. The number of benzene rings is 1. The SMILES string of the molecule is Cc1ccc(NC(=O)COCC(=O)N2C[C@@H](C)C[C@H](C)C2)cc1. The maximum absolute atomic E-state index is 12.1. The lowest BCUT2D eigenvalue weighted by molar-refractivity contribution is -0.140. The number of aryl methyl sites for hydroxylation is 1. The van der Waals surface area contributed by atoms with Crippen molar-refractivity contribution in [2.45, 2.75) is 27.2 Å². The van der Waals surface area contributed by atoms with Gasteiger partial charge in [0.1, 0.15) is 13.2 Å². The summed E-state index contributed by atoms with van der Waals surface area (Å²) in [6.07, 6.45) is 1.16. The molecule has 23 heavy (non-hydrogen) atoms. The largest absolute Gasteiger partial charge is 0.362 e. The highest BCUT2D eigenvalue weighted by Gasteiger charge is 2.25. The summed E-state index contributed by atoms with van der Waals surface area (Å²) in [6.45, 7) is 7.71. The van der Waals surface area contributed by atoms with E-state index in [0.29, 0.717) is 11.8 Å². The number of hydrogen-bond acceptors (Lipinski definition) is 3. The molecule has 0 bridgehead atoms. The average Bonchev–Trinajstić information content (AvgIpc) is 2.48. The van der Waals surface area contributed by atoms with Crippen molar-refractivity contribution in [1.82, 2.24) is 4.90 Å². The van der Waals surface area contributed by atoms with E-state index < -0.39 is 0 Å². The summed E-state index contributed by atoms with van der Waals surface area (Å²) in [4.78, 5) is 25.8. The van der Waals surface area contributed by atoms with Gasteiger partial charge in [-0.2, -0.15) is 0 Å². The quantitative estimate of drug-likeness (QED) is 0.907. The van der Waals surface area contributed by atoms with Crippen LogP contribution in [0, 0.1) is 18.8 Å². The van der Waals surface area contributed by atoms with Crippen molar-refractivity contribution < 1.29 is 14.3 Å². The highest BCUT2D eigenvalue weighted by atomic mass is 16.5.